The molecule has 1 saturated heterocycles. The number of nitrogens with one attached hydrogen (secondary N) is 1. The molecule has 3 aromatic rings. The molecule has 148 valence electrons. The van der Waals surface area contributed by atoms with E-state index in [1.54, 1.807) is 11.0 Å². The van der Waals surface area contributed by atoms with Gasteiger partial charge in [0.25, 0.3) is 0 Å². The van der Waals surface area contributed by atoms with Gasteiger partial charge in [0.2, 0.25) is 0 Å². The molecular formula is C23H20ClFN2O2. The predicted molar refractivity (Wildman–Crippen MR) is 113 cm³/mol. The monoisotopic (exact) mass is 410 g/mol. The Bertz CT molecular complexity index is 1040. The smallest absolute Gasteiger partial charge is 0.322 e. The van der Waals surface area contributed by atoms with Crippen LogP contribution in [0.15, 0.2) is 72.8 Å². The zero-order valence-electron chi connectivity index (χ0n) is 15.6. The first-order chi connectivity index (χ1) is 14.0. The molecule has 1 aliphatic rings. The molecule has 1 unspecified atom stereocenters. The Morgan fingerprint density at radius 1 is 1.07 bits per heavy atom. The third-order valence-electron chi connectivity index (χ3n) is 5.28. The number of urea groups is 1. The van der Waals surface area contributed by atoms with Crippen LogP contribution < -0.4 is 10.2 Å². The van der Waals surface area contributed by atoms with E-state index in [0.29, 0.717) is 29.2 Å². The molecule has 2 amide bonds. The number of rotatable bonds is 5. The zero-order chi connectivity index (χ0) is 20.4. The number of aliphatic hydroxyl groups excluding tert-OH is 1. The minimum Gasteiger partial charge on any atom is -0.396 e. The van der Waals surface area contributed by atoms with Crippen molar-refractivity contribution in [2.24, 2.45) is 0 Å². The Labute approximate surface area is 173 Å². The highest BCUT2D eigenvalue weighted by Crippen LogP contribution is 2.36. The molecule has 4 rings (SSSR count). The number of hydrogen-bond donors (Lipinski definition) is 2. The topological polar surface area (TPSA) is 52.6 Å². The van der Waals surface area contributed by atoms with Gasteiger partial charge in [0.1, 0.15) is 5.82 Å². The van der Waals surface area contributed by atoms with E-state index in [2.05, 4.69) is 5.32 Å². The van der Waals surface area contributed by atoms with Crippen LogP contribution in [0.5, 0.6) is 0 Å². The molecule has 6 heteroatoms. The lowest BCUT2D eigenvalue weighted by molar-refractivity contribution is 0.224. The van der Waals surface area contributed by atoms with Gasteiger partial charge >= 0.3 is 6.03 Å². The third kappa shape index (κ3) is 3.71. The summed E-state index contributed by atoms with van der Waals surface area (Å²) in [6, 6.07) is 21.1. The number of carbonyl (C=O) groups excluding carboxylic acids is 1. The van der Waals surface area contributed by atoms with Gasteiger partial charge in [-0.15, -0.1) is 0 Å². The van der Waals surface area contributed by atoms with Gasteiger partial charge in [0.05, 0.1) is 17.1 Å². The van der Waals surface area contributed by atoms with Crippen LogP contribution in [0.4, 0.5) is 14.9 Å². The van der Waals surface area contributed by atoms with Gasteiger partial charge in [-0.25, -0.2) is 9.18 Å². The standard InChI is InChI=1S/C23H20ClFN2O2/c24-21-14-18(25)9-10-20(21)16-5-4-8-19(13-16)27-15-23(11-12-28,26-22(27)29)17-6-2-1-3-7-17/h1-10,13-14,28H,11-12,15H2,(H,26,29). The number of hydrogen-bond acceptors (Lipinski definition) is 2. The van der Waals surface area contributed by atoms with Crippen molar-refractivity contribution in [3.05, 3.63) is 89.2 Å². The number of anilines is 1. The highest BCUT2D eigenvalue weighted by Gasteiger charge is 2.43. The SMILES string of the molecule is O=C1NC(CCO)(c2ccccc2)CN1c1cccc(-c2ccc(F)cc2Cl)c1. The van der Waals surface area contributed by atoms with E-state index in [9.17, 15) is 14.3 Å². The molecule has 0 saturated carbocycles. The summed E-state index contributed by atoms with van der Waals surface area (Å²) in [6.07, 6.45) is 0.405. The first kappa shape index (κ1) is 19.4. The van der Waals surface area contributed by atoms with E-state index in [0.717, 1.165) is 11.1 Å². The van der Waals surface area contributed by atoms with Gasteiger partial charge in [0.15, 0.2) is 0 Å². The van der Waals surface area contributed by atoms with Crippen molar-refractivity contribution in [2.45, 2.75) is 12.0 Å². The molecule has 3 aromatic carbocycles. The van der Waals surface area contributed by atoms with Crippen LogP contribution in [0.3, 0.4) is 0 Å². The number of amides is 2. The Kier molecular flexibility index (Phi) is 5.26. The van der Waals surface area contributed by atoms with Crippen LogP contribution >= 0.6 is 11.6 Å². The van der Waals surface area contributed by atoms with Crippen molar-refractivity contribution < 1.29 is 14.3 Å². The van der Waals surface area contributed by atoms with E-state index < -0.39 is 11.4 Å². The maximum absolute atomic E-state index is 13.4. The van der Waals surface area contributed by atoms with Crippen molar-refractivity contribution >= 4 is 23.3 Å². The van der Waals surface area contributed by atoms with Gasteiger partial charge in [-0.3, -0.25) is 4.90 Å². The summed E-state index contributed by atoms with van der Waals surface area (Å²) in [7, 11) is 0. The van der Waals surface area contributed by atoms with Gasteiger partial charge in [-0.2, -0.15) is 0 Å². The summed E-state index contributed by atoms with van der Waals surface area (Å²) in [5.41, 5.74) is 2.47. The molecule has 1 aliphatic heterocycles. The summed E-state index contributed by atoms with van der Waals surface area (Å²) in [4.78, 5) is 14.5. The first-order valence-corrected chi connectivity index (χ1v) is 9.72. The maximum atomic E-state index is 13.4. The highest BCUT2D eigenvalue weighted by atomic mass is 35.5. The van der Waals surface area contributed by atoms with E-state index in [-0.39, 0.29) is 12.6 Å². The second kappa shape index (κ2) is 7.85. The van der Waals surface area contributed by atoms with Crippen LogP contribution in [0.1, 0.15) is 12.0 Å². The van der Waals surface area contributed by atoms with E-state index in [4.69, 9.17) is 11.6 Å². The zero-order valence-corrected chi connectivity index (χ0v) is 16.4. The van der Waals surface area contributed by atoms with E-state index in [1.165, 1.54) is 12.1 Å². The molecule has 0 bridgehead atoms. The molecular weight excluding hydrogens is 391 g/mol. The van der Waals surface area contributed by atoms with Crippen molar-refractivity contribution in [1.29, 1.82) is 0 Å². The van der Waals surface area contributed by atoms with Gasteiger partial charge in [0, 0.05) is 17.9 Å². The average Bonchev–Trinajstić information content (AvgIpc) is 3.06. The van der Waals surface area contributed by atoms with Crippen molar-refractivity contribution in [1.82, 2.24) is 5.32 Å². The Morgan fingerprint density at radius 2 is 1.86 bits per heavy atom. The van der Waals surface area contributed by atoms with Crippen molar-refractivity contribution in [3.63, 3.8) is 0 Å². The fourth-order valence-corrected chi connectivity index (χ4v) is 4.10. The summed E-state index contributed by atoms with van der Waals surface area (Å²) in [5, 5.41) is 13.0. The van der Waals surface area contributed by atoms with Gasteiger partial charge in [-0.1, -0.05) is 54.1 Å². The van der Waals surface area contributed by atoms with Crippen LogP contribution in [0, 0.1) is 5.82 Å². The molecule has 0 spiro atoms. The van der Waals surface area contributed by atoms with Gasteiger partial charge in [-0.05, 0) is 47.9 Å². The number of aliphatic hydroxyl groups is 1. The summed E-state index contributed by atoms with van der Waals surface area (Å²) >= 11 is 6.21. The molecule has 0 aromatic heterocycles. The molecule has 1 heterocycles. The number of carbonyl (C=O) groups is 1. The maximum Gasteiger partial charge on any atom is 0.322 e. The van der Waals surface area contributed by atoms with Crippen LogP contribution in [0.2, 0.25) is 5.02 Å². The molecule has 2 N–H and O–H groups in total. The largest absolute Gasteiger partial charge is 0.396 e. The van der Waals surface area contributed by atoms with E-state index in [1.807, 2.05) is 54.6 Å². The van der Waals surface area contributed by atoms with E-state index >= 15 is 0 Å². The first-order valence-electron chi connectivity index (χ1n) is 9.34. The van der Waals surface area contributed by atoms with Gasteiger partial charge < -0.3 is 10.4 Å². The minimum absolute atomic E-state index is 0.0474. The highest BCUT2D eigenvalue weighted by molar-refractivity contribution is 6.33. The molecule has 4 nitrogen and oxygen atoms in total. The number of benzene rings is 3. The van der Waals surface area contributed by atoms with Crippen molar-refractivity contribution in [3.8, 4) is 11.1 Å². The summed E-state index contributed by atoms with van der Waals surface area (Å²) < 4.78 is 13.4. The number of halogens is 2. The summed E-state index contributed by atoms with van der Waals surface area (Å²) in [5.74, 6) is -0.398. The Morgan fingerprint density at radius 3 is 2.59 bits per heavy atom. The van der Waals surface area contributed by atoms with Crippen LogP contribution in [-0.4, -0.2) is 24.3 Å². The lowest BCUT2D eigenvalue weighted by Gasteiger charge is -2.28. The fourth-order valence-electron chi connectivity index (χ4n) is 3.82. The fraction of sp³-hybridized carbons (Fsp3) is 0.174. The minimum atomic E-state index is -0.670. The summed E-state index contributed by atoms with van der Waals surface area (Å²) in [6.45, 7) is 0.339. The third-order valence-corrected chi connectivity index (χ3v) is 5.60. The second-order valence-corrected chi connectivity index (χ2v) is 7.52. The lowest BCUT2D eigenvalue weighted by Crippen LogP contribution is -2.41. The van der Waals surface area contributed by atoms with Crippen LogP contribution in [0.25, 0.3) is 11.1 Å². The molecule has 1 atom stereocenters. The quantitative estimate of drug-likeness (QED) is 0.625. The van der Waals surface area contributed by atoms with Crippen LogP contribution in [-0.2, 0) is 5.54 Å². The molecule has 0 radical (unpaired) electrons. The molecule has 0 aliphatic carbocycles. The molecule has 1 fully saturated rings. The normalized spacial score (nSPS) is 18.7. The second-order valence-electron chi connectivity index (χ2n) is 7.11. The molecule has 29 heavy (non-hydrogen) atoms. The Balaban J connectivity index is 1.69. The average molecular weight is 411 g/mol. The lowest BCUT2D eigenvalue weighted by atomic mass is 9.87. The number of nitrogens with zero attached hydrogens (tertiary/aromatic N) is 1. The predicted octanol–water partition coefficient (Wildman–Crippen LogP) is 4.95. The Hall–Kier alpha value is -2.89. The van der Waals surface area contributed by atoms with Crippen molar-refractivity contribution in [2.75, 3.05) is 18.1 Å².